The molecule has 172 valence electrons. The third-order valence-electron chi connectivity index (χ3n) is 4.17. The number of amides is 2. The molecule has 2 aromatic rings. The summed E-state index contributed by atoms with van der Waals surface area (Å²) in [4.78, 5) is 24.8. The summed E-state index contributed by atoms with van der Waals surface area (Å²) in [6, 6.07) is 11.9. The van der Waals surface area contributed by atoms with Gasteiger partial charge in [0.1, 0.15) is 12.4 Å². The van der Waals surface area contributed by atoms with E-state index in [1.807, 2.05) is 0 Å². The molecule has 3 N–H and O–H groups in total. The van der Waals surface area contributed by atoms with Crippen molar-refractivity contribution in [2.45, 2.75) is 6.42 Å². The molecule has 0 unspecified atom stereocenters. The van der Waals surface area contributed by atoms with Gasteiger partial charge in [-0.15, -0.1) is 0 Å². The first-order chi connectivity index (χ1) is 15.4. The second kappa shape index (κ2) is 13.8. The first-order valence-electron chi connectivity index (χ1n) is 9.85. The summed E-state index contributed by atoms with van der Waals surface area (Å²) in [6.45, 7) is 1.84. The first-order valence-corrected chi connectivity index (χ1v) is 11.1. The standard InChI is InChI=1S/C22H26BrN3O5S/c1-29-11-3-10-24-20(27)15-4-7-17(8-5-15)25-22(32)26-21(28)18-14-16(23)6-9-19(18)31-13-12-30-2/h4-9,14H,3,10-13H2,1-2H3,(H,24,27)(H2,25,26,28,32). The number of benzene rings is 2. The number of carbonyl (C=O) groups is 2. The zero-order valence-electron chi connectivity index (χ0n) is 17.9. The number of thiocarbonyl (C=S) groups is 1. The van der Waals surface area contributed by atoms with Crippen LogP contribution in [0.15, 0.2) is 46.9 Å². The summed E-state index contributed by atoms with van der Waals surface area (Å²) in [7, 11) is 3.19. The van der Waals surface area contributed by atoms with E-state index in [0.29, 0.717) is 48.9 Å². The summed E-state index contributed by atoms with van der Waals surface area (Å²) < 4.78 is 16.3. The molecule has 0 aliphatic carbocycles. The molecule has 10 heteroatoms. The Kier molecular flexibility index (Phi) is 11.1. The fourth-order valence-electron chi connectivity index (χ4n) is 2.60. The van der Waals surface area contributed by atoms with Crippen LogP contribution in [0.3, 0.4) is 0 Å². The molecule has 8 nitrogen and oxygen atoms in total. The van der Waals surface area contributed by atoms with E-state index in [-0.39, 0.29) is 11.0 Å². The van der Waals surface area contributed by atoms with Gasteiger partial charge >= 0.3 is 0 Å². The van der Waals surface area contributed by atoms with Crippen molar-refractivity contribution in [2.24, 2.45) is 0 Å². The van der Waals surface area contributed by atoms with E-state index >= 15 is 0 Å². The van der Waals surface area contributed by atoms with Gasteiger partial charge in [0.25, 0.3) is 11.8 Å². The largest absolute Gasteiger partial charge is 0.490 e. The molecule has 0 aromatic heterocycles. The first kappa shape index (κ1) is 25.7. The highest BCUT2D eigenvalue weighted by Gasteiger charge is 2.15. The predicted octanol–water partition coefficient (Wildman–Crippen LogP) is 3.37. The van der Waals surface area contributed by atoms with E-state index in [4.69, 9.17) is 26.4 Å². The number of hydrogen-bond donors (Lipinski definition) is 3. The van der Waals surface area contributed by atoms with Crippen molar-refractivity contribution in [3.63, 3.8) is 0 Å². The fraction of sp³-hybridized carbons (Fsp3) is 0.318. The molecule has 0 fully saturated rings. The number of carbonyl (C=O) groups excluding carboxylic acids is 2. The van der Waals surface area contributed by atoms with E-state index in [2.05, 4.69) is 31.9 Å². The van der Waals surface area contributed by atoms with Gasteiger partial charge in [-0.1, -0.05) is 15.9 Å². The zero-order chi connectivity index (χ0) is 23.3. The van der Waals surface area contributed by atoms with Crippen LogP contribution in [0.25, 0.3) is 0 Å². The lowest BCUT2D eigenvalue weighted by Gasteiger charge is -2.13. The van der Waals surface area contributed by atoms with E-state index in [0.717, 1.165) is 10.9 Å². The van der Waals surface area contributed by atoms with Gasteiger partial charge in [-0.2, -0.15) is 0 Å². The van der Waals surface area contributed by atoms with Crippen molar-refractivity contribution in [1.82, 2.24) is 10.6 Å². The maximum atomic E-state index is 12.7. The fourth-order valence-corrected chi connectivity index (χ4v) is 3.17. The smallest absolute Gasteiger partial charge is 0.261 e. The van der Waals surface area contributed by atoms with Crippen molar-refractivity contribution >= 4 is 50.8 Å². The van der Waals surface area contributed by atoms with Crippen molar-refractivity contribution in [3.05, 3.63) is 58.1 Å². The number of rotatable bonds is 11. The van der Waals surface area contributed by atoms with Gasteiger partial charge in [0.15, 0.2) is 5.11 Å². The molecule has 0 heterocycles. The third kappa shape index (κ3) is 8.54. The quantitative estimate of drug-likeness (QED) is 0.306. The Balaban J connectivity index is 1.93. The van der Waals surface area contributed by atoms with E-state index in [9.17, 15) is 9.59 Å². The molecule has 0 radical (unpaired) electrons. The van der Waals surface area contributed by atoms with Crippen LogP contribution in [0.2, 0.25) is 0 Å². The van der Waals surface area contributed by atoms with Crippen LogP contribution < -0.4 is 20.7 Å². The average molecular weight is 524 g/mol. The number of nitrogens with one attached hydrogen (secondary N) is 3. The zero-order valence-corrected chi connectivity index (χ0v) is 20.3. The number of hydrogen-bond acceptors (Lipinski definition) is 6. The van der Waals surface area contributed by atoms with Gasteiger partial charge in [0.2, 0.25) is 0 Å². The Morgan fingerprint density at radius 3 is 2.38 bits per heavy atom. The summed E-state index contributed by atoms with van der Waals surface area (Å²) in [5, 5.41) is 8.51. The second-order valence-corrected chi connectivity index (χ2v) is 7.89. The molecule has 2 rings (SSSR count). The van der Waals surface area contributed by atoms with Gasteiger partial charge in [-0.3, -0.25) is 14.9 Å². The van der Waals surface area contributed by atoms with Gasteiger partial charge in [-0.25, -0.2) is 0 Å². The van der Waals surface area contributed by atoms with E-state index < -0.39 is 5.91 Å². The van der Waals surface area contributed by atoms with Crippen LogP contribution in [0.1, 0.15) is 27.1 Å². The Bertz CT molecular complexity index is 924. The van der Waals surface area contributed by atoms with Crippen LogP contribution in [-0.4, -0.2) is 57.5 Å². The Hall–Kier alpha value is -2.53. The highest BCUT2D eigenvalue weighted by molar-refractivity contribution is 9.10. The molecular formula is C22H26BrN3O5S. The lowest BCUT2D eigenvalue weighted by Crippen LogP contribution is -2.34. The van der Waals surface area contributed by atoms with Crippen molar-refractivity contribution in [3.8, 4) is 5.75 Å². The number of methoxy groups -OCH3 is 2. The van der Waals surface area contributed by atoms with E-state index in [1.165, 1.54) is 0 Å². The summed E-state index contributed by atoms with van der Waals surface area (Å²) >= 11 is 8.62. The van der Waals surface area contributed by atoms with Crippen LogP contribution in [-0.2, 0) is 9.47 Å². The molecule has 32 heavy (non-hydrogen) atoms. The van der Waals surface area contributed by atoms with Crippen molar-refractivity contribution in [1.29, 1.82) is 0 Å². The number of halogens is 1. The molecule has 0 atom stereocenters. The van der Waals surface area contributed by atoms with Gasteiger partial charge in [0, 0.05) is 43.1 Å². The Morgan fingerprint density at radius 2 is 1.69 bits per heavy atom. The van der Waals surface area contributed by atoms with E-state index in [1.54, 1.807) is 56.7 Å². The van der Waals surface area contributed by atoms with Crippen molar-refractivity contribution < 1.29 is 23.8 Å². The van der Waals surface area contributed by atoms with Gasteiger partial charge < -0.3 is 24.8 Å². The van der Waals surface area contributed by atoms with Crippen LogP contribution in [0.5, 0.6) is 5.75 Å². The van der Waals surface area contributed by atoms with Gasteiger partial charge in [-0.05, 0) is 61.1 Å². The molecule has 0 saturated heterocycles. The van der Waals surface area contributed by atoms with Crippen LogP contribution >= 0.6 is 28.1 Å². The minimum absolute atomic E-state index is 0.120. The third-order valence-corrected chi connectivity index (χ3v) is 4.87. The molecule has 2 aromatic carbocycles. The number of anilines is 1. The highest BCUT2D eigenvalue weighted by atomic mass is 79.9. The molecule has 2 amide bonds. The number of ether oxygens (including phenoxy) is 3. The summed E-state index contributed by atoms with van der Waals surface area (Å²) in [5.74, 6) is -0.158. The van der Waals surface area contributed by atoms with Crippen molar-refractivity contribution in [2.75, 3.05) is 45.9 Å². The molecule has 0 spiro atoms. The normalized spacial score (nSPS) is 10.3. The monoisotopic (exact) mass is 523 g/mol. The lowest BCUT2D eigenvalue weighted by atomic mass is 10.2. The maximum Gasteiger partial charge on any atom is 0.261 e. The topological polar surface area (TPSA) is 97.9 Å². The molecule has 0 saturated carbocycles. The predicted molar refractivity (Wildman–Crippen MR) is 130 cm³/mol. The minimum atomic E-state index is -0.414. The maximum absolute atomic E-state index is 12.7. The average Bonchev–Trinajstić information content (AvgIpc) is 2.78. The molecule has 0 aliphatic heterocycles. The summed E-state index contributed by atoms with van der Waals surface area (Å²) in [5.41, 5.74) is 1.49. The highest BCUT2D eigenvalue weighted by Crippen LogP contribution is 2.23. The lowest BCUT2D eigenvalue weighted by molar-refractivity contribution is 0.0945. The van der Waals surface area contributed by atoms with Crippen LogP contribution in [0, 0.1) is 0 Å². The minimum Gasteiger partial charge on any atom is -0.490 e. The Labute approximate surface area is 201 Å². The molecule has 0 bridgehead atoms. The molecule has 0 aliphatic rings. The second-order valence-electron chi connectivity index (χ2n) is 6.57. The molecular weight excluding hydrogens is 498 g/mol. The Morgan fingerprint density at radius 1 is 0.969 bits per heavy atom. The van der Waals surface area contributed by atoms with Crippen LogP contribution in [0.4, 0.5) is 5.69 Å². The summed E-state index contributed by atoms with van der Waals surface area (Å²) in [6.07, 6.45) is 0.743. The van der Waals surface area contributed by atoms with Gasteiger partial charge in [0.05, 0.1) is 12.2 Å². The SMILES string of the molecule is COCCCNC(=O)c1ccc(NC(=S)NC(=O)c2cc(Br)ccc2OCCOC)cc1.